The molecule has 2 N–H and O–H groups in total. The summed E-state index contributed by atoms with van der Waals surface area (Å²) in [6.45, 7) is -1.78. The fraction of sp³-hybridized carbons (Fsp3) is 0.268. The van der Waals surface area contributed by atoms with E-state index in [9.17, 15) is 0 Å². The summed E-state index contributed by atoms with van der Waals surface area (Å²) < 4.78 is 52.9. The molecule has 0 heterocycles. The van der Waals surface area contributed by atoms with Crippen molar-refractivity contribution in [1.82, 2.24) is 0 Å². The molecular formula is C41H55NS2. The van der Waals surface area contributed by atoms with Gasteiger partial charge in [0.1, 0.15) is 0 Å². The smallest absolute Gasteiger partial charge is 0.0234 e. The van der Waals surface area contributed by atoms with E-state index in [1.807, 2.05) is 60.7 Å². The molecule has 0 bridgehead atoms. The first-order valence-electron chi connectivity index (χ1n) is 18.5. The molecule has 0 aliphatic carbocycles. The lowest BCUT2D eigenvalue weighted by atomic mass is 9.99. The van der Waals surface area contributed by atoms with Gasteiger partial charge in [-0.05, 0) is 74.9 Å². The highest BCUT2D eigenvalue weighted by Crippen LogP contribution is 2.25. The Balaban J connectivity index is 0.000000790. The van der Waals surface area contributed by atoms with E-state index in [4.69, 9.17) is 16.9 Å². The van der Waals surface area contributed by atoms with Crippen LogP contribution in [0.25, 0.3) is 22.3 Å². The highest BCUT2D eigenvalue weighted by atomic mass is 32.1. The maximum atomic E-state index is 7.33. The van der Waals surface area contributed by atoms with E-state index in [0.29, 0.717) is 25.8 Å². The number of aryl methyl sites for hydroxylation is 3. The van der Waals surface area contributed by atoms with Crippen LogP contribution >= 0.6 is 25.3 Å². The summed E-state index contributed by atoms with van der Waals surface area (Å²) in [5, 5.41) is 0. The lowest BCUT2D eigenvalue weighted by Crippen LogP contribution is -1.95. The van der Waals surface area contributed by atoms with Gasteiger partial charge >= 0.3 is 0 Å². The molecule has 0 saturated heterocycles. The Morgan fingerprint density at radius 1 is 0.523 bits per heavy atom. The van der Waals surface area contributed by atoms with Crippen molar-refractivity contribution in [2.45, 2.75) is 72.8 Å². The average Bonchev–Trinajstić information content (AvgIpc) is 3.13. The van der Waals surface area contributed by atoms with Crippen molar-refractivity contribution in [1.29, 1.82) is 0 Å². The SMILES string of the molecule is C.C.[2H]C([3H])Cc1ccc(-c2ccc(-c3ccc(CS)cc3)cc2)cc1.[2H]C([3H])Cc1ccc(CN)cc1.[2H]C([3H])Cc1ccc(CS)cc1.[2H][3H]. The summed E-state index contributed by atoms with van der Waals surface area (Å²) in [5.74, 6) is 1.50. The fourth-order valence-electron chi connectivity index (χ4n) is 4.08. The lowest BCUT2D eigenvalue weighted by molar-refractivity contribution is 1.06. The predicted octanol–water partition coefficient (Wildman–Crippen LogP) is 11.9. The van der Waals surface area contributed by atoms with Gasteiger partial charge in [0.2, 0.25) is 0 Å². The minimum Gasteiger partial charge on any atom is -0.326 e. The maximum absolute atomic E-state index is 7.33. The minimum absolute atomic E-state index is 0. The molecule has 1 nitrogen and oxygen atoms in total. The second kappa shape index (κ2) is 21.5. The van der Waals surface area contributed by atoms with Crippen molar-refractivity contribution in [2.24, 2.45) is 5.73 Å². The monoisotopic (exact) mass is 637 g/mol. The Labute approximate surface area is 291 Å². The zero-order valence-corrected chi connectivity index (χ0v) is 25.8. The van der Waals surface area contributed by atoms with Crippen LogP contribution in [0.15, 0.2) is 121 Å². The second-order valence-electron chi connectivity index (χ2n) is 9.74. The Kier molecular flexibility index (Phi) is 13.8. The molecule has 0 aliphatic rings. The average molecular weight is 638 g/mol. The molecular weight excluding hydrogens is 571 g/mol. The summed E-state index contributed by atoms with van der Waals surface area (Å²) in [6, 6.07) is 40.8. The normalized spacial score (nSPS) is 14.0. The van der Waals surface area contributed by atoms with Gasteiger partial charge in [-0.1, -0.05) is 157 Å². The Hall–Kier alpha value is -3.24. The van der Waals surface area contributed by atoms with Gasteiger partial charge in [0.15, 0.2) is 0 Å². The number of benzene rings is 5. The van der Waals surface area contributed by atoms with Crippen molar-refractivity contribution in [3.63, 3.8) is 0 Å². The fourth-order valence-corrected chi connectivity index (χ4v) is 4.50. The lowest BCUT2D eigenvalue weighted by Gasteiger charge is -2.06. The van der Waals surface area contributed by atoms with E-state index >= 15 is 0 Å². The summed E-state index contributed by atoms with van der Waals surface area (Å²) in [4.78, 5) is 0. The van der Waals surface area contributed by atoms with Crippen LogP contribution in [-0.4, -0.2) is 0 Å². The largest absolute Gasteiger partial charge is 0.326 e. The predicted molar refractivity (Wildman–Crippen MR) is 207 cm³/mol. The number of nitrogens with two attached hydrogens (primary N) is 1. The first-order chi connectivity index (χ1) is 24.1. The number of thiol groups is 2. The second-order valence-corrected chi connectivity index (χ2v) is 10.4. The van der Waals surface area contributed by atoms with Gasteiger partial charge < -0.3 is 5.73 Å². The third-order valence-electron chi connectivity index (χ3n) is 6.81. The summed E-state index contributed by atoms with van der Waals surface area (Å²) >= 11 is 8.43. The van der Waals surface area contributed by atoms with Crippen LogP contribution in [0.1, 0.15) is 80.1 Å². The van der Waals surface area contributed by atoms with Crippen LogP contribution in [0.4, 0.5) is 0 Å². The number of hydrogen-bond donors (Lipinski definition) is 3. The summed E-state index contributed by atoms with van der Waals surface area (Å²) in [7, 11) is 0. The molecule has 3 heteroatoms. The molecule has 3 atom stereocenters. The van der Waals surface area contributed by atoms with Crippen molar-refractivity contribution in [3.8, 4) is 22.3 Å². The van der Waals surface area contributed by atoms with Crippen LogP contribution < -0.4 is 5.73 Å². The maximum Gasteiger partial charge on any atom is 0.0234 e. The standard InChI is InChI=1S/C21H20S.C9H13N.C9H12S.2CH4.H2/c1-2-16-3-7-18(8-4-16)20-11-13-21(14-12-20)19-9-5-17(15-22)6-10-19;2*1-2-8-3-5-9(7-10)6-4-8;;;/h3-14,22H,2,15H2,1H3;3-6H,2,7,10H2,1H3;3-6,10H,2,7H2,1H3;2*1H4;1H/i3*1TD;;;1+2D. The summed E-state index contributed by atoms with van der Waals surface area (Å²) in [5.41, 5.74) is 16.8. The molecule has 0 spiro atoms. The van der Waals surface area contributed by atoms with Crippen molar-refractivity contribution in [3.05, 3.63) is 155 Å². The third-order valence-corrected chi connectivity index (χ3v) is 7.54. The Morgan fingerprint density at radius 3 is 1.02 bits per heavy atom. The molecule has 3 unspecified atom stereocenters. The third kappa shape index (κ3) is 12.4. The van der Waals surface area contributed by atoms with E-state index in [1.165, 1.54) is 27.8 Å². The highest BCUT2D eigenvalue weighted by molar-refractivity contribution is 7.79. The Morgan fingerprint density at radius 2 is 0.750 bits per heavy atom. The van der Waals surface area contributed by atoms with E-state index in [0.717, 1.165) is 39.3 Å². The van der Waals surface area contributed by atoms with Gasteiger partial charge in [-0.2, -0.15) is 25.3 Å². The molecule has 0 radical (unpaired) electrons. The van der Waals surface area contributed by atoms with Crippen LogP contribution in [-0.2, 0) is 37.3 Å². The molecule has 0 aliphatic heterocycles. The molecule has 236 valence electrons. The van der Waals surface area contributed by atoms with Gasteiger partial charge in [0.05, 0.1) is 0 Å². The van der Waals surface area contributed by atoms with E-state index in [1.54, 1.807) is 0 Å². The van der Waals surface area contributed by atoms with Crippen molar-refractivity contribution < 1.29 is 11.2 Å². The van der Waals surface area contributed by atoms with Crippen LogP contribution in [0.5, 0.6) is 0 Å². The summed E-state index contributed by atoms with van der Waals surface area (Å²) in [6.07, 6.45) is 1.47. The topological polar surface area (TPSA) is 26.0 Å². The molecule has 0 saturated carbocycles. The van der Waals surface area contributed by atoms with Crippen LogP contribution in [0.3, 0.4) is 0 Å². The molecule has 5 aromatic rings. The van der Waals surface area contributed by atoms with E-state index in [2.05, 4.69) is 85.9 Å². The zero-order valence-electron chi connectivity index (χ0n) is 32.0. The van der Waals surface area contributed by atoms with Gasteiger partial charge in [-0.25, -0.2) is 0 Å². The molecule has 0 aromatic heterocycles. The molecule has 0 fully saturated rings. The number of hydrogen-bond acceptors (Lipinski definition) is 3. The zero-order chi connectivity index (χ0) is 36.9. The van der Waals surface area contributed by atoms with Gasteiger partial charge in [-0.15, -0.1) is 0 Å². The first kappa shape index (κ1) is 28.2. The number of rotatable bonds is 8. The van der Waals surface area contributed by atoms with E-state index < -0.39 is 20.6 Å². The van der Waals surface area contributed by atoms with Crippen molar-refractivity contribution in [2.75, 3.05) is 0 Å². The minimum atomic E-state index is -0.802. The Bertz CT molecular complexity index is 1540. The highest BCUT2D eigenvalue weighted by Gasteiger charge is 2.01. The molecule has 5 aromatic carbocycles. The van der Waals surface area contributed by atoms with E-state index in [-0.39, 0.29) is 14.9 Å². The van der Waals surface area contributed by atoms with Gasteiger partial charge in [0.25, 0.3) is 0 Å². The van der Waals surface area contributed by atoms with Crippen molar-refractivity contribution >= 4 is 25.3 Å². The van der Waals surface area contributed by atoms with Crippen LogP contribution in [0.2, 0.25) is 0 Å². The van der Waals surface area contributed by atoms with Crippen LogP contribution in [0, 0.1) is 0 Å². The first-order valence-corrected chi connectivity index (χ1v) is 15.3. The van der Waals surface area contributed by atoms with Gasteiger partial charge in [-0.3, -0.25) is 0 Å². The molecule has 44 heavy (non-hydrogen) atoms. The van der Waals surface area contributed by atoms with Gasteiger partial charge in [0, 0.05) is 29.2 Å². The molecule has 0 amide bonds. The molecule has 5 rings (SSSR count). The quantitative estimate of drug-likeness (QED) is 0.145.